The van der Waals surface area contributed by atoms with Gasteiger partial charge in [-0.15, -0.1) is 0 Å². The number of hydrogen-bond acceptors (Lipinski definition) is 2. The van der Waals surface area contributed by atoms with Crippen molar-refractivity contribution in [2.45, 2.75) is 33.2 Å². The highest BCUT2D eigenvalue weighted by molar-refractivity contribution is 5.77. The molecule has 0 atom stereocenters. The molecule has 0 saturated carbocycles. The summed E-state index contributed by atoms with van der Waals surface area (Å²) in [5, 5.41) is 0. The number of nitrogens with zero attached hydrogens (tertiary/aromatic N) is 3. The molecule has 74 valence electrons. The van der Waals surface area contributed by atoms with Crippen LogP contribution in [0.25, 0.3) is 11.0 Å². The van der Waals surface area contributed by atoms with Gasteiger partial charge in [0.1, 0.15) is 5.52 Å². The first-order valence-electron chi connectivity index (χ1n) is 5.03. The van der Waals surface area contributed by atoms with Crippen LogP contribution in [0, 0.1) is 0 Å². The van der Waals surface area contributed by atoms with E-state index in [4.69, 9.17) is 0 Å². The van der Waals surface area contributed by atoms with Crippen LogP contribution in [0.1, 0.15) is 32.4 Å². The molecule has 2 aromatic rings. The van der Waals surface area contributed by atoms with Gasteiger partial charge in [0.15, 0.2) is 0 Å². The standard InChI is InChI=1S/C11H15N3/c1-4-14-7-13-11-9(14)5-6-12-10(11)8(2)3/h5-8H,4H2,1-3H3. The van der Waals surface area contributed by atoms with Crippen molar-refractivity contribution in [3.8, 4) is 0 Å². The third kappa shape index (κ3) is 1.29. The first-order valence-corrected chi connectivity index (χ1v) is 5.03. The van der Waals surface area contributed by atoms with Gasteiger partial charge in [0, 0.05) is 12.7 Å². The minimum Gasteiger partial charge on any atom is -0.331 e. The molecule has 0 amide bonds. The molecule has 2 rings (SSSR count). The quantitative estimate of drug-likeness (QED) is 0.727. The minimum absolute atomic E-state index is 0.430. The molecule has 0 saturated heterocycles. The number of hydrogen-bond donors (Lipinski definition) is 0. The Morgan fingerprint density at radius 2 is 2.14 bits per heavy atom. The Hall–Kier alpha value is -1.38. The third-order valence-electron chi connectivity index (χ3n) is 2.45. The Bertz CT molecular complexity index is 443. The third-order valence-corrected chi connectivity index (χ3v) is 2.45. The van der Waals surface area contributed by atoms with E-state index in [0.717, 1.165) is 17.8 Å². The summed E-state index contributed by atoms with van der Waals surface area (Å²) in [6.07, 6.45) is 3.75. The Morgan fingerprint density at radius 3 is 2.79 bits per heavy atom. The summed E-state index contributed by atoms with van der Waals surface area (Å²) in [6, 6.07) is 2.03. The van der Waals surface area contributed by atoms with Gasteiger partial charge in [-0.3, -0.25) is 4.98 Å². The summed E-state index contributed by atoms with van der Waals surface area (Å²) in [6.45, 7) is 7.37. The van der Waals surface area contributed by atoms with E-state index < -0.39 is 0 Å². The fraction of sp³-hybridized carbons (Fsp3) is 0.455. The number of pyridine rings is 1. The van der Waals surface area contributed by atoms with Crippen molar-refractivity contribution in [3.05, 3.63) is 24.3 Å². The van der Waals surface area contributed by atoms with Crippen LogP contribution in [0.5, 0.6) is 0 Å². The molecular formula is C11H15N3. The van der Waals surface area contributed by atoms with Crippen molar-refractivity contribution >= 4 is 11.0 Å². The molecule has 0 bridgehead atoms. The molecule has 14 heavy (non-hydrogen) atoms. The lowest BCUT2D eigenvalue weighted by Crippen LogP contribution is -1.95. The lowest BCUT2D eigenvalue weighted by molar-refractivity contribution is 0.786. The van der Waals surface area contributed by atoms with Gasteiger partial charge in [-0.05, 0) is 18.9 Å². The van der Waals surface area contributed by atoms with Crippen molar-refractivity contribution in [2.24, 2.45) is 0 Å². The van der Waals surface area contributed by atoms with Crippen LogP contribution in [0.4, 0.5) is 0 Å². The fourth-order valence-corrected chi connectivity index (χ4v) is 1.69. The van der Waals surface area contributed by atoms with E-state index in [1.165, 1.54) is 5.52 Å². The highest BCUT2D eigenvalue weighted by Crippen LogP contribution is 2.21. The number of imidazole rings is 1. The molecular weight excluding hydrogens is 174 g/mol. The molecule has 0 radical (unpaired) electrons. The minimum atomic E-state index is 0.430. The summed E-state index contributed by atoms with van der Waals surface area (Å²) >= 11 is 0. The van der Waals surface area contributed by atoms with Crippen LogP contribution in [0.2, 0.25) is 0 Å². The van der Waals surface area contributed by atoms with Crippen molar-refractivity contribution < 1.29 is 0 Å². The zero-order valence-corrected chi connectivity index (χ0v) is 8.86. The summed E-state index contributed by atoms with van der Waals surface area (Å²) in [5.41, 5.74) is 3.32. The summed E-state index contributed by atoms with van der Waals surface area (Å²) in [5.74, 6) is 0.430. The Kier molecular flexibility index (Phi) is 2.23. The maximum Gasteiger partial charge on any atom is 0.110 e. The van der Waals surface area contributed by atoms with E-state index in [-0.39, 0.29) is 0 Å². The molecule has 2 heterocycles. The van der Waals surface area contributed by atoms with Gasteiger partial charge in [0.25, 0.3) is 0 Å². The molecule has 0 aromatic carbocycles. The topological polar surface area (TPSA) is 30.7 Å². The van der Waals surface area contributed by atoms with Crippen LogP contribution in [-0.2, 0) is 6.54 Å². The number of aromatic nitrogens is 3. The average molecular weight is 189 g/mol. The highest BCUT2D eigenvalue weighted by atomic mass is 15.0. The Morgan fingerprint density at radius 1 is 1.36 bits per heavy atom. The second kappa shape index (κ2) is 3.40. The summed E-state index contributed by atoms with van der Waals surface area (Å²) in [4.78, 5) is 8.79. The van der Waals surface area contributed by atoms with Crippen molar-refractivity contribution in [1.82, 2.24) is 14.5 Å². The average Bonchev–Trinajstić information content (AvgIpc) is 2.59. The van der Waals surface area contributed by atoms with Crippen LogP contribution in [0.3, 0.4) is 0 Å². The van der Waals surface area contributed by atoms with E-state index in [1.54, 1.807) is 0 Å². The number of rotatable bonds is 2. The van der Waals surface area contributed by atoms with Crippen molar-refractivity contribution in [1.29, 1.82) is 0 Å². The van der Waals surface area contributed by atoms with Gasteiger partial charge in [0.2, 0.25) is 0 Å². The maximum atomic E-state index is 4.41. The normalized spacial score (nSPS) is 11.4. The molecule has 3 heteroatoms. The smallest absolute Gasteiger partial charge is 0.110 e. The molecule has 2 aromatic heterocycles. The predicted octanol–water partition coefficient (Wildman–Crippen LogP) is 2.57. The lowest BCUT2D eigenvalue weighted by Gasteiger charge is -2.05. The molecule has 0 spiro atoms. The number of aryl methyl sites for hydroxylation is 1. The van der Waals surface area contributed by atoms with Gasteiger partial charge >= 0.3 is 0 Å². The van der Waals surface area contributed by atoms with E-state index in [1.807, 2.05) is 18.6 Å². The van der Waals surface area contributed by atoms with Crippen LogP contribution in [-0.4, -0.2) is 14.5 Å². The Labute approximate surface area is 83.8 Å². The SMILES string of the molecule is CCn1cnc2c(C(C)C)nccc21. The van der Waals surface area contributed by atoms with E-state index in [2.05, 4.69) is 35.3 Å². The monoisotopic (exact) mass is 189 g/mol. The van der Waals surface area contributed by atoms with E-state index in [0.29, 0.717) is 5.92 Å². The van der Waals surface area contributed by atoms with Crippen molar-refractivity contribution in [2.75, 3.05) is 0 Å². The van der Waals surface area contributed by atoms with Gasteiger partial charge in [0.05, 0.1) is 17.5 Å². The molecule has 0 aliphatic heterocycles. The Balaban J connectivity index is 2.70. The van der Waals surface area contributed by atoms with Crippen LogP contribution < -0.4 is 0 Å². The van der Waals surface area contributed by atoms with E-state index in [9.17, 15) is 0 Å². The lowest BCUT2D eigenvalue weighted by atomic mass is 10.1. The largest absolute Gasteiger partial charge is 0.331 e. The van der Waals surface area contributed by atoms with Crippen LogP contribution >= 0.6 is 0 Å². The van der Waals surface area contributed by atoms with Gasteiger partial charge in [-0.1, -0.05) is 13.8 Å². The summed E-state index contributed by atoms with van der Waals surface area (Å²) < 4.78 is 2.14. The zero-order chi connectivity index (χ0) is 10.1. The molecule has 0 aliphatic rings. The van der Waals surface area contributed by atoms with Crippen molar-refractivity contribution in [3.63, 3.8) is 0 Å². The number of fused-ring (bicyclic) bond motifs is 1. The summed E-state index contributed by atoms with van der Waals surface area (Å²) in [7, 11) is 0. The van der Waals surface area contributed by atoms with Gasteiger partial charge < -0.3 is 4.57 Å². The van der Waals surface area contributed by atoms with Crippen LogP contribution in [0.15, 0.2) is 18.6 Å². The van der Waals surface area contributed by atoms with Gasteiger partial charge in [-0.2, -0.15) is 0 Å². The molecule has 0 N–H and O–H groups in total. The van der Waals surface area contributed by atoms with Gasteiger partial charge in [-0.25, -0.2) is 4.98 Å². The molecule has 0 unspecified atom stereocenters. The second-order valence-electron chi connectivity index (χ2n) is 3.75. The predicted molar refractivity (Wildman–Crippen MR) is 57.3 cm³/mol. The fourth-order valence-electron chi connectivity index (χ4n) is 1.69. The first kappa shape index (κ1) is 9.19. The highest BCUT2D eigenvalue weighted by Gasteiger charge is 2.09. The second-order valence-corrected chi connectivity index (χ2v) is 3.75. The zero-order valence-electron chi connectivity index (χ0n) is 8.86. The van der Waals surface area contributed by atoms with E-state index >= 15 is 0 Å². The first-order chi connectivity index (χ1) is 6.74. The molecule has 3 nitrogen and oxygen atoms in total. The maximum absolute atomic E-state index is 4.41. The molecule has 0 fully saturated rings. The molecule has 0 aliphatic carbocycles.